The van der Waals surface area contributed by atoms with Crippen molar-refractivity contribution >= 4 is 5.97 Å². The second-order valence-electron chi connectivity index (χ2n) is 9.13. The van der Waals surface area contributed by atoms with Crippen LogP contribution in [0, 0.1) is 0 Å². The molecule has 0 amide bonds. The molecule has 0 radical (unpaired) electrons. The van der Waals surface area contributed by atoms with Crippen LogP contribution < -0.4 is 0 Å². The van der Waals surface area contributed by atoms with Crippen LogP contribution in [-0.4, -0.2) is 81.5 Å². The monoisotopic (exact) mass is 375 g/mol. The first-order valence-electron chi connectivity index (χ1n) is 10.2. The number of esters is 1. The van der Waals surface area contributed by atoms with Crippen molar-refractivity contribution in [1.29, 1.82) is 0 Å². The van der Waals surface area contributed by atoms with Crippen LogP contribution in [0.15, 0.2) is 30.3 Å². The maximum atomic E-state index is 13.0. The Kier molecular flexibility index (Phi) is 6.56. The van der Waals surface area contributed by atoms with Gasteiger partial charge in [0, 0.05) is 12.1 Å². The van der Waals surface area contributed by atoms with E-state index in [1.54, 1.807) is 0 Å². The highest BCUT2D eigenvalue weighted by molar-refractivity contribution is 5.78. The molecule has 3 rings (SSSR count). The molecule has 2 aliphatic rings. The summed E-state index contributed by atoms with van der Waals surface area (Å²) in [6.45, 7) is 1.93. The second kappa shape index (κ2) is 8.72. The molecule has 0 aromatic heterocycles. The lowest BCUT2D eigenvalue weighted by atomic mass is 9.98. The van der Waals surface area contributed by atoms with Crippen molar-refractivity contribution in [3.05, 3.63) is 35.9 Å². The van der Waals surface area contributed by atoms with Gasteiger partial charge >= 0.3 is 5.97 Å². The normalized spacial score (nSPS) is 26.7. The average Bonchev–Trinajstić information content (AvgIpc) is 2.82. The molecule has 2 heterocycles. The molecule has 27 heavy (non-hydrogen) atoms. The fraction of sp³-hybridized carbons (Fsp3) is 0.682. The number of ether oxygens (including phenoxy) is 2. The smallest absolute Gasteiger partial charge is 0.316 e. The van der Waals surface area contributed by atoms with Crippen LogP contribution in [0.2, 0.25) is 0 Å². The number of fused-ring (bicyclic) bond motifs is 2. The molecule has 5 heteroatoms. The van der Waals surface area contributed by atoms with Gasteiger partial charge in [0.05, 0.1) is 34.4 Å². The summed E-state index contributed by atoms with van der Waals surface area (Å²) in [5.41, 5.74) is 0.976. The van der Waals surface area contributed by atoms with E-state index in [0.717, 1.165) is 29.4 Å². The second-order valence-corrected chi connectivity index (χ2v) is 9.13. The highest BCUT2D eigenvalue weighted by atomic mass is 16.5. The van der Waals surface area contributed by atoms with Gasteiger partial charge in [-0.05, 0) is 38.3 Å². The maximum Gasteiger partial charge on any atom is 0.316 e. The van der Waals surface area contributed by atoms with Crippen LogP contribution >= 0.6 is 0 Å². The highest BCUT2D eigenvalue weighted by Gasteiger charge is 2.40. The number of carbonyl (C=O) groups excluding carboxylic acids is 1. The molecular formula is C22H35N2O3+. The fourth-order valence-corrected chi connectivity index (χ4v) is 4.23. The Labute approximate surface area is 163 Å². The van der Waals surface area contributed by atoms with E-state index >= 15 is 0 Å². The van der Waals surface area contributed by atoms with Gasteiger partial charge in [-0.25, -0.2) is 0 Å². The van der Waals surface area contributed by atoms with Gasteiger partial charge in [0.2, 0.25) is 0 Å². The number of likely N-dealkylation sites (N-methyl/N-ethyl adjacent to an activating group) is 1. The van der Waals surface area contributed by atoms with Crippen molar-refractivity contribution < 1.29 is 18.8 Å². The van der Waals surface area contributed by atoms with Crippen molar-refractivity contribution in [1.82, 2.24) is 4.90 Å². The number of piperidine rings is 1. The lowest BCUT2D eigenvalue weighted by Gasteiger charge is -2.36. The first-order chi connectivity index (χ1) is 12.8. The Morgan fingerprint density at radius 2 is 1.78 bits per heavy atom. The van der Waals surface area contributed by atoms with Crippen LogP contribution in [0.4, 0.5) is 0 Å². The van der Waals surface area contributed by atoms with Crippen molar-refractivity contribution in [3.63, 3.8) is 0 Å². The quantitative estimate of drug-likeness (QED) is 0.398. The summed E-state index contributed by atoms with van der Waals surface area (Å²) >= 11 is 0. The molecule has 2 saturated heterocycles. The molecule has 0 aliphatic carbocycles. The summed E-state index contributed by atoms with van der Waals surface area (Å²) in [6, 6.07) is 11.0. The zero-order chi connectivity index (χ0) is 19.4. The van der Waals surface area contributed by atoms with E-state index in [2.05, 4.69) is 33.1 Å². The lowest BCUT2D eigenvalue weighted by molar-refractivity contribution is -0.870. The van der Waals surface area contributed by atoms with Gasteiger partial charge in [0.25, 0.3) is 0 Å². The average molecular weight is 376 g/mol. The summed E-state index contributed by atoms with van der Waals surface area (Å²) < 4.78 is 12.7. The number of rotatable bonds is 8. The van der Waals surface area contributed by atoms with Crippen LogP contribution in [-0.2, 0) is 14.3 Å². The zero-order valence-corrected chi connectivity index (χ0v) is 17.3. The zero-order valence-electron chi connectivity index (χ0n) is 17.3. The summed E-state index contributed by atoms with van der Waals surface area (Å²) in [5.74, 6) is -0.489. The van der Waals surface area contributed by atoms with Crippen molar-refractivity contribution in [2.75, 3.05) is 47.9 Å². The Balaban J connectivity index is 1.59. The van der Waals surface area contributed by atoms with E-state index in [0.29, 0.717) is 25.3 Å². The number of quaternary nitrogens is 1. The number of benzene rings is 1. The predicted molar refractivity (Wildman–Crippen MR) is 107 cm³/mol. The van der Waals surface area contributed by atoms with E-state index in [1.165, 1.54) is 12.8 Å². The van der Waals surface area contributed by atoms with Gasteiger partial charge in [0.1, 0.15) is 18.6 Å². The van der Waals surface area contributed by atoms with E-state index < -0.39 is 0 Å². The highest BCUT2D eigenvalue weighted by Crippen LogP contribution is 2.36. The molecule has 0 spiro atoms. The Morgan fingerprint density at radius 3 is 2.37 bits per heavy atom. The molecule has 2 bridgehead atoms. The van der Waals surface area contributed by atoms with E-state index in [9.17, 15) is 4.79 Å². The standard InChI is InChI=1S/C22H35N2O3/c1-23-18-10-11-19(23)15-20(14-18)27-22(25)21(17-8-6-5-7-9-17)16-26-13-12-24(2,3)4/h5-9,18-21H,10-16H2,1-4H3/q+1/t18-,19?,20?,21?/m0/s1. The molecule has 5 nitrogen and oxygen atoms in total. The summed E-state index contributed by atoms with van der Waals surface area (Å²) in [6.07, 6.45) is 4.42. The maximum absolute atomic E-state index is 13.0. The van der Waals surface area contributed by atoms with Gasteiger partial charge < -0.3 is 18.9 Å². The molecule has 2 aliphatic heterocycles. The minimum atomic E-state index is -0.351. The van der Waals surface area contributed by atoms with E-state index in [1.807, 2.05) is 30.3 Å². The summed E-state index contributed by atoms with van der Waals surface area (Å²) in [4.78, 5) is 15.5. The topological polar surface area (TPSA) is 38.8 Å². The molecule has 1 aromatic carbocycles. The minimum absolute atomic E-state index is 0.0451. The van der Waals surface area contributed by atoms with Crippen molar-refractivity contribution in [2.45, 2.75) is 49.8 Å². The van der Waals surface area contributed by atoms with Gasteiger partial charge in [-0.15, -0.1) is 0 Å². The van der Waals surface area contributed by atoms with Gasteiger partial charge in [-0.1, -0.05) is 30.3 Å². The molecule has 3 unspecified atom stereocenters. The molecule has 0 N–H and O–H groups in total. The van der Waals surface area contributed by atoms with Crippen LogP contribution in [0.3, 0.4) is 0 Å². The first-order valence-corrected chi connectivity index (χ1v) is 10.2. The van der Waals surface area contributed by atoms with Gasteiger partial charge in [0.15, 0.2) is 0 Å². The minimum Gasteiger partial charge on any atom is -0.462 e. The fourth-order valence-electron chi connectivity index (χ4n) is 4.23. The molecule has 1 aromatic rings. The van der Waals surface area contributed by atoms with E-state index in [4.69, 9.17) is 9.47 Å². The third-order valence-electron chi connectivity index (χ3n) is 6.02. The number of hydrogen-bond donors (Lipinski definition) is 0. The summed E-state index contributed by atoms with van der Waals surface area (Å²) in [5, 5.41) is 0. The SMILES string of the molecule is CN1C2CC[C@H]1CC(OC(=O)C(COCC[N+](C)(C)C)c1ccccc1)C2. The molecule has 2 fully saturated rings. The molecule has 4 atom stereocenters. The lowest BCUT2D eigenvalue weighted by Crippen LogP contribution is -2.44. The molecule has 0 saturated carbocycles. The third-order valence-corrected chi connectivity index (χ3v) is 6.02. The van der Waals surface area contributed by atoms with Crippen molar-refractivity contribution in [3.8, 4) is 0 Å². The van der Waals surface area contributed by atoms with Crippen LogP contribution in [0.25, 0.3) is 0 Å². The number of carbonyl (C=O) groups is 1. The van der Waals surface area contributed by atoms with Crippen LogP contribution in [0.1, 0.15) is 37.2 Å². The van der Waals surface area contributed by atoms with Gasteiger partial charge in [-0.3, -0.25) is 4.79 Å². The van der Waals surface area contributed by atoms with Crippen LogP contribution in [0.5, 0.6) is 0 Å². The van der Waals surface area contributed by atoms with Gasteiger partial charge in [-0.2, -0.15) is 0 Å². The molecular weight excluding hydrogens is 340 g/mol. The summed E-state index contributed by atoms with van der Waals surface area (Å²) in [7, 11) is 8.62. The predicted octanol–water partition coefficient (Wildman–Crippen LogP) is 2.66. The largest absolute Gasteiger partial charge is 0.462 e. The van der Waals surface area contributed by atoms with Crippen molar-refractivity contribution in [2.24, 2.45) is 0 Å². The molecule has 150 valence electrons. The Bertz CT molecular complexity index is 600. The number of hydrogen-bond acceptors (Lipinski definition) is 4. The Hall–Kier alpha value is -1.43. The number of nitrogens with zero attached hydrogens (tertiary/aromatic N) is 2. The van der Waals surface area contributed by atoms with E-state index in [-0.39, 0.29) is 18.0 Å². The first kappa shape index (κ1) is 20.3. The Morgan fingerprint density at radius 1 is 1.15 bits per heavy atom. The third kappa shape index (κ3) is 5.53.